The fourth-order valence-corrected chi connectivity index (χ4v) is 2.59. The minimum atomic E-state index is -3.33. The minimum Gasteiger partial charge on any atom is -0.505 e. The molecule has 24 heavy (non-hydrogen) atoms. The van der Waals surface area contributed by atoms with E-state index in [4.69, 9.17) is 0 Å². The predicted molar refractivity (Wildman–Crippen MR) is 86.5 cm³/mol. The van der Waals surface area contributed by atoms with Gasteiger partial charge in [-0.1, -0.05) is 0 Å². The highest BCUT2D eigenvalue weighted by Crippen LogP contribution is 2.25. The molecule has 10 heteroatoms. The number of carbonyl (C=O) groups is 1. The number of nitrogens with zero attached hydrogens (tertiary/aromatic N) is 2. The van der Waals surface area contributed by atoms with Crippen molar-refractivity contribution in [2.24, 2.45) is 0 Å². The number of methoxy groups -OCH3 is 1. The molecule has 0 aliphatic carbocycles. The Morgan fingerprint density at radius 1 is 1.46 bits per heavy atom. The SMILES string of the molecule is COC(=O)c1c(O)c2nccc(CCN(C)S(C)(=O)=O)c2[nH]c1=O. The monoisotopic (exact) mass is 355 g/mol. The average molecular weight is 355 g/mol. The Hall–Kier alpha value is -2.46. The Kier molecular flexibility index (Phi) is 4.90. The average Bonchev–Trinajstić information content (AvgIpc) is 2.51. The van der Waals surface area contributed by atoms with Crippen LogP contribution >= 0.6 is 0 Å². The molecule has 0 aliphatic rings. The lowest BCUT2D eigenvalue weighted by atomic mass is 10.1. The highest BCUT2D eigenvalue weighted by atomic mass is 32.2. The number of esters is 1. The normalized spacial score (nSPS) is 11.8. The van der Waals surface area contributed by atoms with Crippen LogP contribution in [-0.2, 0) is 21.2 Å². The number of fused-ring (bicyclic) bond motifs is 1. The van der Waals surface area contributed by atoms with Gasteiger partial charge < -0.3 is 14.8 Å². The van der Waals surface area contributed by atoms with Crippen LogP contribution in [0.2, 0.25) is 0 Å². The van der Waals surface area contributed by atoms with Gasteiger partial charge in [0.1, 0.15) is 5.52 Å². The van der Waals surface area contributed by atoms with Gasteiger partial charge in [-0.25, -0.2) is 17.5 Å². The van der Waals surface area contributed by atoms with Crippen molar-refractivity contribution in [1.82, 2.24) is 14.3 Å². The topological polar surface area (TPSA) is 130 Å². The molecule has 2 N–H and O–H groups in total. The summed E-state index contributed by atoms with van der Waals surface area (Å²) in [7, 11) is -0.796. The van der Waals surface area contributed by atoms with E-state index in [1.54, 1.807) is 6.07 Å². The van der Waals surface area contributed by atoms with Crippen molar-refractivity contribution in [3.05, 3.63) is 33.7 Å². The zero-order valence-corrected chi connectivity index (χ0v) is 14.2. The van der Waals surface area contributed by atoms with E-state index in [0.717, 1.165) is 13.4 Å². The molecule has 0 aliphatic heterocycles. The molecule has 0 aromatic carbocycles. The molecule has 2 aromatic rings. The van der Waals surface area contributed by atoms with Crippen molar-refractivity contribution in [2.75, 3.05) is 27.0 Å². The summed E-state index contributed by atoms with van der Waals surface area (Å²) in [5.41, 5.74) is -0.469. The Bertz CT molecular complexity index is 951. The molecule has 0 fully saturated rings. The molecule has 0 saturated carbocycles. The third-order valence-corrected chi connectivity index (χ3v) is 4.93. The largest absolute Gasteiger partial charge is 0.505 e. The first-order valence-electron chi connectivity index (χ1n) is 6.89. The van der Waals surface area contributed by atoms with Crippen LogP contribution < -0.4 is 5.56 Å². The van der Waals surface area contributed by atoms with E-state index in [0.29, 0.717) is 5.56 Å². The van der Waals surface area contributed by atoms with E-state index in [9.17, 15) is 23.1 Å². The lowest BCUT2D eigenvalue weighted by molar-refractivity contribution is 0.0595. The second-order valence-corrected chi connectivity index (χ2v) is 7.29. The minimum absolute atomic E-state index is 0.0366. The quantitative estimate of drug-likeness (QED) is 0.713. The molecular formula is C14H17N3O6S. The molecular weight excluding hydrogens is 338 g/mol. The molecule has 0 amide bonds. The fraction of sp³-hybridized carbons (Fsp3) is 0.357. The van der Waals surface area contributed by atoms with Crippen LogP contribution in [0.25, 0.3) is 11.0 Å². The maximum atomic E-state index is 12.1. The summed E-state index contributed by atoms with van der Waals surface area (Å²) < 4.78 is 28.5. The smallest absolute Gasteiger partial charge is 0.347 e. The van der Waals surface area contributed by atoms with E-state index < -0.39 is 32.9 Å². The Morgan fingerprint density at radius 2 is 2.12 bits per heavy atom. The number of sulfonamides is 1. The zero-order valence-electron chi connectivity index (χ0n) is 13.4. The number of aromatic amines is 1. The van der Waals surface area contributed by atoms with E-state index in [1.807, 2.05) is 0 Å². The van der Waals surface area contributed by atoms with E-state index in [2.05, 4.69) is 14.7 Å². The van der Waals surface area contributed by atoms with Crippen LogP contribution in [0.1, 0.15) is 15.9 Å². The van der Waals surface area contributed by atoms with Gasteiger partial charge in [0, 0.05) is 19.8 Å². The van der Waals surface area contributed by atoms with Gasteiger partial charge in [0.25, 0.3) is 5.56 Å². The van der Waals surface area contributed by atoms with Gasteiger partial charge in [-0.15, -0.1) is 0 Å². The van der Waals surface area contributed by atoms with Crippen LogP contribution in [0.15, 0.2) is 17.1 Å². The van der Waals surface area contributed by atoms with Gasteiger partial charge in [-0.2, -0.15) is 0 Å². The number of hydrogen-bond acceptors (Lipinski definition) is 7. The molecule has 2 rings (SSSR count). The molecule has 0 bridgehead atoms. The highest BCUT2D eigenvalue weighted by molar-refractivity contribution is 7.88. The van der Waals surface area contributed by atoms with E-state index in [1.165, 1.54) is 17.5 Å². The van der Waals surface area contributed by atoms with Gasteiger partial charge in [-0.05, 0) is 18.1 Å². The molecule has 2 aromatic heterocycles. The van der Waals surface area contributed by atoms with Crippen molar-refractivity contribution >= 4 is 27.0 Å². The summed E-state index contributed by atoms with van der Waals surface area (Å²) in [6.07, 6.45) is 2.78. The number of carbonyl (C=O) groups excluding carboxylic acids is 1. The first-order valence-corrected chi connectivity index (χ1v) is 8.74. The van der Waals surface area contributed by atoms with Crippen LogP contribution in [0.5, 0.6) is 5.75 Å². The molecule has 0 atom stereocenters. The summed E-state index contributed by atoms with van der Waals surface area (Å²) in [4.78, 5) is 30.1. The van der Waals surface area contributed by atoms with Crippen LogP contribution in [-0.4, -0.2) is 60.7 Å². The van der Waals surface area contributed by atoms with Crippen LogP contribution in [0.3, 0.4) is 0 Å². The number of aromatic nitrogens is 2. The van der Waals surface area contributed by atoms with Crippen LogP contribution in [0, 0.1) is 0 Å². The Labute approximate surface area is 137 Å². The molecule has 0 saturated heterocycles. The number of nitrogens with one attached hydrogen (secondary N) is 1. The van der Waals surface area contributed by atoms with Gasteiger partial charge in [0.15, 0.2) is 11.3 Å². The fourth-order valence-electron chi connectivity index (χ4n) is 2.17. The van der Waals surface area contributed by atoms with E-state index in [-0.39, 0.29) is 24.0 Å². The highest BCUT2D eigenvalue weighted by Gasteiger charge is 2.22. The second kappa shape index (κ2) is 6.57. The number of hydrogen-bond donors (Lipinski definition) is 2. The predicted octanol–water partition coefficient (Wildman–Crippen LogP) is -0.151. The van der Waals surface area contributed by atoms with Gasteiger partial charge in [-0.3, -0.25) is 9.78 Å². The summed E-state index contributed by atoms with van der Waals surface area (Å²) in [5, 5.41) is 10.2. The zero-order chi connectivity index (χ0) is 18.1. The lowest BCUT2D eigenvalue weighted by Gasteiger charge is -2.14. The standard InChI is InChI=1S/C14H17N3O6S/c1-17(24(3,21)22)7-5-8-4-6-15-11-10(8)16-13(19)9(12(11)18)14(20)23-2/h4,6H,5,7H2,1-3H3,(H2,16,18,19). The second-order valence-electron chi connectivity index (χ2n) is 5.20. The van der Waals surface area contributed by atoms with Crippen molar-refractivity contribution in [2.45, 2.75) is 6.42 Å². The van der Waals surface area contributed by atoms with Crippen molar-refractivity contribution in [3.8, 4) is 5.75 Å². The third-order valence-electron chi connectivity index (χ3n) is 3.62. The maximum absolute atomic E-state index is 12.1. The van der Waals surface area contributed by atoms with Gasteiger partial charge in [0.05, 0.1) is 18.9 Å². The Balaban J connectivity index is 2.51. The number of rotatable bonds is 5. The maximum Gasteiger partial charge on any atom is 0.347 e. The molecule has 0 spiro atoms. The number of aromatic hydroxyl groups is 1. The number of pyridine rings is 2. The third kappa shape index (κ3) is 3.39. The molecule has 9 nitrogen and oxygen atoms in total. The van der Waals surface area contributed by atoms with Gasteiger partial charge >= 0.3 is 5.97 Å². The summed E-state index contributed by atoms with van der Waals surface area (Å²) in [6, 6.07) is 1.60. The first kappa shape index (κ1) is 17.9. The lowest BCUT2D eigenvalue weighted by Crippen LogP contribution is -2.28. The van der Waals surface area contributed by atoms with Crippen molar-refractivity contribution in [1.29, 1.82) is 0 Å². The molecule has 2 heterocycles. The number of likely N-dealkylation sites (N-methyl/N-ethyl adjacent to an activating group) is 1. The van der Waals surface area contributed by atoms with Gasteiger partial charge in [0.2, 0.25) is 10.0 Å². The van der Waals surface area contributed by atoms with Crippen molar-refractivity contribution in [3.63, 3.8) is 0 Å². The number of ether oxygens (including phenoxy) is 1. The molecule has 0 radical (unpaired) electrons. The number of H-pyrrole nitrogens is 1. The summed E-state index contributed by atoms with van der Waals surface area (Å²) in [5.74, 6) is -1.54. The van der Waals surface area contributed by atoms with Crippen LogP contribution in [0.4, 0.5) is 0 Å². The summed E-state index contributed by atoms with van der Waals surface area (Å²) >= 11 is 0. The first-order chi connectivity index (χ1) is 11.2. The molecule has 130 valence electrons. The Morgan fingerprint density at radius 3 is 2.71 bits per heavy atom. The van der Waals surface area contributed by atoms with Crippen molar-refractivity contribution < 1.29 is 23.1 Å². The molecule has 0 unspecified atom stereocenters. The van der Waals surface area contributed by atoms with E-state index >= 15 is 0 Å². The summed E-state index contributed by atoms with van der Waals surface area (Å²) in [6.45, 7) is 0.180.